The van der Waals surface area contributed by atoms with Gasteiger partial charge in [0, 0.05) is 11.1 Å². The molecule has 4 aromatic carbocycles. The summed E-state index contributed by atoms with van der Waals surface area (Å²) >= 11 is 4.03. The topological polar surface area (TPSA) is 98.0 Å². The molecule has 7 heteroatoms. The van der Waals surface area contributed by atoms with Crippen molar-refractivity contribution in [1.29, 1.82) is 0 Å². The van der Waals surface area contributed by atoms with Crippen molar-refractivity contribution in [3.05, 3.63) is 96.1 Å². The molecule has 0 aliphatic carbocycles. The second-order valence-corrected chi connectivity index (χ2v) is 10.1. The van der Waals surface area contributed by atoms with Crippen LogP contribution in [0.25, 0.3) is 16.8 Å². The molecule has 0 bridgehead atoms. The largest absolute Gasteiger partial charge is 0.508 e. The van der Waals surface area contributed by atoms with E-state index in [-0.39, 0.29) is 28.8 Å². The molecule has 1 atom stereocenters. The van der Waals surface area contributed by atoms with Crippen LogP contribution in [0.15, 0.2) is 66.7 Å². The summed E-state index contributed by atoms with van der Waals surface area (Å²) in [5.74, 6) is -0.998. The van der Waals surface area contributed by atoms with Crippen LogP contribution >= 0.6 is 45.2 Å². The standard InChI is InChI=1S/C27H20I2O5/c1-2-3-14-10-18(31)6-8-20(14)26(33)24(16-12-21(28)27(34)22(29)13-16)25-19-7-5-17(30)11-15(19)4-9-23(25)32/h2-13,24,30-32,34H,1H3/b3-2-. The first-order valence-electron chi connectivity index (χ1n) is 10.3. The normalized spacial score (nSPS) is 12.3. The van der Waals surface area contributed by atoms with Crippen molar-refractivity contribution in [2.24, 2.45) is 0 Å². The van der Waals surface area contributed by atoms with Crippen LogP contribution < -0.4 is 0 Å². The quantitative estimate of drug-likeness (QED) is 0.136. The SMILES string of the molecule is C/C=C\c1cc(O)ccc1C(=O)C(c1cc(I)c(O)c(I)c1)c1c(O)ccc2cc(O)ccc12. The molecule has 0 heterocycles. The van der Waals surface area contributed by atoms with E-state index in [2.05, 4.69) is 0 Å². The van der Waals surface area contributed by atoms with Gasteiger partial charge in [-0.3, -0.25) is 4.79 Å². The fourth-order valence-electron chi connectivity index (χ4n) is 4.08. The first-order valence-corrected chi connectivity index (χ1v) is 12.5. The van der Waals surface area contributed by atoms with Crippen LogP contribution in [-0.4, -0.2) is 26.2 Å². The number of carbonyl (C=O) groups is 1. The van der Waals surface area contributed by atoms with Crippen molar-refractivity contribution in [2.75, 3.05) is 0 Å². The average molecular weight is 678 g/mol. The Balaban J connectivity index is 2.06. The van der Waals surface area contributed by atoms with Gasteiger partial charge in [-0.2, -0.15) is 0 Å². The van der Waals surface area contributed by atoms with Crippen LogP contribution in [0.2, 0.25) is 0 Å². The molecule has 4 rings (SSSR count). The first-order chi connectivity index (χ1) is 16.2. The zero-order valence-corrected chi connectivity index (χ0v) is 22.3. The molecule has 5 nitrogen and oxygen atoms in total. The van der Waals surface area contributed by atoms with E-state index < -0.39 is 5.92 Å². The number of benzene rings is 4. The zero-order valence-electron chi connectivity index (χ0n) is 18.0. The number of ketones is 1. The number of fused-ring (bicyclic) bond motifs is 1. The highest BCUT2D eigenvalue weighted by Crippen LogP contribution is 2.42. The van der Waals surface area contributed by atoms with Crippen molar-refractivity contribution >= 4 is 67.8 Å². The minimum Gasteiger partial charge on any atom is -0.508 e. The van der Waals surface area contributed by atoms with Crippen molar-refractivity contribution in [3.8, 4) is 23.0 Å². The summed E-state index contributed by atoms with van der Waals surface area (Å²) in [5, 5.41) is 42.6. The van der Waals surface area contributed by atoms with E-state index in [4.69, 9.17) is 0 Å². The molecule has 0 radical (unpaired) electrons. The van der Waals surface area contributed by atoms with Crippen molar-refractivity contribution in [1.82, 2.24) is 0 Å². The number of aromatic hydroxyl groups is 4. The Morgan fingerprint density at radius 1 is 0.853 bits per heavy atom. The second kappa shape index (κ2) is 9.83. The Bertz CT molecular complexity index is 1440. The molecular formula is C27H20I2O5. The highest BCUT2D eigenvalue weighted by molar-refractivity contribution is 14.1. The zero-order chi connectivity index (χ0) is 24.6. The molecule has 0 aliphatic rings. The fraction of sp³-hybridized carbons (Fsp3) is 0.0741. The van der Waals surface area contributed by atoms with E-state index in [1.807, 2.05) is 52.1 Å². The number of Topliss-reactive ketones (excluding diaryl/α,β-unsaturated/α-hetero) is 1. The number of allylic oxidation sites excluding steroid dienone is 1. The third-order valence-corrected chi connectivity index (χ3v) is 7.24. The van der Waals surface area contributed by atoms with E-state index in [0.717, 1.165) is 0 Å². The second-order valence-electron chi connectivity index (χ2n) is 7.81. The molecular weight excluding hydrogens is 658 g/mol. The van der Waals surface area contributed by atoms with Crippen LogP contribution in [-0.2, 0) is 0 Å². The van der Waals surface area contributed by atoms with E-state index in [0.29, 0.717) is 40.2 Å². The van der Waals surface area contributed by atoms with Gasteiger partial charge >= 0.3 is 0 Å². The molecule has 0 aromatic heterocycles. The number of hydrogen-bond donors (Lipinski definition) is 4. The average Bonchev–Trinajstić information content (AvgIpc) is 2.79. The summed E-state index contributed by atoms with van der Waals surface area (Å²) in [7, 11) is 0. The molecule has 0 fully saturated rings. The van der Waals surface area contributed by atoms with Gasteiger partial charge in [0.15, 0.2) is 5.78 Å². The van der Waals surface area contributed by atoms with Gasteiger partial charge in [0.2, 0.25) is 0 Å². The number of phenolic OH excluding ortho intramolecular Hbond substituents is 4. The summed E-state index contributed by atoms with van der Waals surface area (Å²) < 4.78 is 1.16. The summed E-state index contributed by atoms with van der Waals surface area (Å²) in [6, 6.07) is 16.0. The van der Waals surface area contributed by atoms with Crippen LogP contribution in [0.5, 0.6) is 23.0 Å². The Labute approximate surface area is 223 Å². The number of hydrogen-bond acceptors (Lipinski definition) is 5. The van der Waals surface area contributed by atoms with Gasteiger partial charge < -0.3 is 20.4 Å². The molecule has 34 heavy (non-hydrogen) atoms. The molecule has 4 N–H and O–H groups in total. The van der Waals surface area contributed by atoms with Crippen LogP contribution in [0.3, 0.4) is 0 Å². The van der Waals surface area contributed by atoms with Gasteiger partial charge in [0.1, 0.15) is 23.0 Å². The highest BCUT2D eigenvalue weighted by atomic mass is 127. The van der Waals surface area contributed by atoms with Crippen molar-refractivity contribution in [3.63, 3.8) is 0 Å². The lowest BCUT2D eigenvalue weighted by Gasteiger charge is -2.22. The minimum atomic E-state index is -0.913. The Morgan fingerprint density at radius 3 is 2.18 bits per heavy atom. The predicted molar refractivity (Wildman–Crippen MR) is 150 cm³/mol. The predicted octanol–water partition coefficient (Wildman–Crippen LogP) is 6.92. The molecule has 1 unspecified atom stereocenters. The molecule has 0 spiro atoms. The van der Waals surface area contributed by atoms with Crippen molar-refractivity contribution < 1.29 is 25.2 Å². The maximum Gasteiger partial charge on any atom is 0.175 e. The Hall–Kier alpha value is -2.79. The van der Waals surface area contributed by atoms with Gasteiger partial charge in [-0.25, -0.2) is 0 Å². The molecule has 172 valence electrons. The number of phenols is 4. The molecule has 4 aromatic rings. The van der Waals surface area contributed by atoms with Crippen molar-refractivity contribution in [2.45, 2.75) is 12.8 Å². The van der Waals surface area contributed by atoms with Gasteiger partial charge in [-0.05, 0) is 123 Å². The molecule has 0 aliphatic heterocycles. The number of carbonyl (C=O) groups excluding carboxylic acids is 1. The summed E-state index contributed by atoms with van der Waals surface area (Å²) in [4.78, 5) is 14.2. The summed E-state index contributed by atoms with van der Waals surface area (Å²) in [6.07, 6.45) is 3.53. The third kappa shape index (κ3) is 4.58. The third-order valence-electron chi connectivity index (χ3n) is 5.59. The summed E-state index contributed by atoms with van der Waals surface area (Å²) in [5.41, 5.74) is 1.94. The van der Waals surface area contributed by atoms with Gasteiger partial charge in [0.05, 0.1) is 13.1 Å². The first kappa shape index (κ1) is 24.3. The van der Waals surface area contributed by atoms with Gasteiger partial charge in [0.25, 0.3) is 0 Å². The number of rotatable bonds is 5. The van der Waals surface area contributed by atoms with E-state index in [1.165, 1.54) is 24.3 Å². The molecule has 0 saturated carbocycles. The van der Waals surface area contributed by atoms with E-state index in [1.54, 1.807) is 48.6 Å². The maximum absolute atomic E-state index is 14.2. The van der Waals surface area contributed by atoms with Crippen LogP contribution in [0, 0.1) is 7.14 Å². The number of halogens is 2. The van der Waals surface area contributed by atoms with Crippen LogP contribution in [0.4, 0.5) is 0 Å². The fourth-order valence-corrected chi connectivity index (χ4v) is 5.90. The summed E-state index contributed by atoms with van der Waals surface area (Å²) in [6.45, 7) is 1.82. The lowest BCUT2D eigenvalue weighted by molar-refractivity contribution is 0.0973. The Kier molecular flexibility index (Phi) is 7.04. The van der Waals surface area contributed by atoms with Crippen LogP contribution in [0.1, 0.15) is 39.9 Å². The highest BCUT2D eigenvalue weighted by Gasteiger charge is 2.31. The molecule has 0 amide bonds. The monoisotopic (exact) mass is 678 g/mol. The maximum atomic E-state index is 14.2. The van der Waals surface area contributed by atoms with Gasteiger partial charge in [-0.15, -0.1) is 0 Å². The smallest absolute Gasteiger partial charge is 0.175 e. The molecule has 0 saturated heterocycles. The van der Waals surface area contributed by atoms with E-state index >= 15 is 0 Å². The lowest BCUT2D eigenvalue weighted by atomic mass is 9.81. The minimum absolute atomic E-state index is 0.0402. The van der Waals surface area contributed by atoms with E-state index in [9.17, 15) is 25.2 Å². The Morgan fingerprint density at radius 2 is 1.50 bits per heavy atom. The van der Waals surface area contributed by atoms with Gasteiger partial charge in [-0.1, -0.05) is 24.3 Å². The lowest BCUT2D eigenvalue weighted by Crippen LogP contribution is -2.17.